The third-order valence-corrected chi connectivity index (χ3v) is 10.9. The number of ether oxygens (including phenoxy) is 2. The smallest absolute Gasteiger partial charge is 0.410 e. The predicted octanol–water partition coefficient (Wildman–Crippen LogP) is 8.58. The number of hydrogen-bond acceptors (Lipinski definition) is 7. The van der Waals surface area contributed by atoms with Crippen LogP contribution in [0.15, 0.2) is 46.5 Å². The van der Waals surface area contributed by atoms with Crippen LogP contribution in [0.25, 0.3) is 5.57 Å². The molecule has 52 heavy (non-hydrogen) atoms. The highest BCUT2D eigenvalue weighted by atomic mass is 35.5. The molecule has 1 unspecified atom stereocenters. The molecule has 3 heterocycles. The van der Waals surface area contributed by atoms with Gasteiger partial charge >= 0.3 is 12.2 Å². The first-order valence-corrected chi connectivity index (χ1v) is 18.6. The van der Waals surface area contributed by atoms with Crippen molar-refractivity contribution in [3.63, 3.8) is 0 Å². The molecule has 278 valence electrons. The van der Waals surface area contributed by atoms with Crippen LogP contribution in [0.3, 0.4) is 0 Å². The molecule has 1 N–H and O–H groups in total. The molecule has 3 amide bonds. The molecule has 1 saturated carbocycles. The largest absolute Gasteiger partial charge is 0.494 e. The second-order valence-corrected chi connectivity index (χ2v) is 15.9. The summed E-state index contributed by atoms with van der Waals surface area (Å²) in [4.78, 5) is 45.6. The van der Waals surface area contributed by atoms with Crippen molar-refractivity contribution < 1.29 is 33.5 Å². The van der Waals surface area contributed by atoms with Gasteiger partial charge in [-0.25, -0.2) is 9.59 Å². The Morgan fingerprint density at radius 2 is 1.75 bits per heavy atom. The van der Waals surface area contributed by atoms with Crippen molar-refractivity contribution in [1.29, 1.82) is 0 Å². The lowest BCUT2D eigenvalue weighted by Crippen LogP contribution is -2.65. The van der Waals surface area contributed by atoms with Crippen molar-refractivity contribution in [2.75, 3.05) is 19.7 Å². The van der Waals surface area contributed by atoms with Gasteiger partial charge < -0.3 is 28.9 Å². The molecule has 2 aliphatic heterocycles. The average Bonchev–Trinajstić information content (AvgIpc) is 3.80. The highest BCUT2D eigenvalue weighted by Gasteiger charge is 2.50. The van der Waals surface area contributed by atoms with Crippen LogP contribution in [0, 0.1) is 13.8 Å². The first-order valence-electron chi connectivity index (χ1n) is 17.4. The van der Waals surface area contributed by atoms with Gasteiger partial charge in [0.2, 0.25) is 0 Å². The van der Waals surface area contributed by atoms with Gasteiger partial charge in [-0.2, -0.15) is 0 Å². The van der Waals surface area contributed by atoms with E-state index >= 15 is 0 Å². The number of amides is 3. The van der Waals surface area contributed by atoms with Crippen LogP contribution in [0.1, 0.15) is 74.6 Å². The maximum atomic E-state index is 14.9. The van der Waals surface area contributed by atoms with Crippen molar-refractivity contribution in [3.05, 3.63) is 85.2 Å². The minimum atomic E-state index is -1.18. The fourth-order valence-electron chi connectivity index (χ4n) is 6.94. The number of fused-ring (bicyclic) bond motifs is 2. The van der Waals surface area contributed by atoms with E-state index in [0.717, 1.165) is 34.7 Å². The second-order valence-electron chi connectivity index (χ2n) is 14.7. The number of aromatic nitrogens is 1. The van der Waals surface area contributed by atoms with Crippen molar-refractivity contribution in [2.45, 2.75) is 97.0 Å². The molecule has 3 aromatic rings. The summed E-state index contributed by atoms with van der Waals surface area (Å²) >= 11 is 19.2. The van der Waals surface area contributed by atoms with Crippen molar-refractivity contribution in [3.8, 4) is 5.75 Å². The van der Waals surface area contributed by atoms with E-state index in [1.807, 2.05) is 38.1 Å². The van der Waals surface area contributed by atoms with Gasteiger partial charge in [0.15, 0.2) is 5.76 Å². The normalized spacial score (nSPS) is 18.8. The zero-order chi connectivity index (χ0) is 37.5. The Labute approximate surface area is 318 Å². The molecule has 0 radical (unpaired) electrons. The van der Waals surface area contributed by atoms with Crippen molar-refractivity contribution in [2.24, 2.45) is 0 Å². The summed E-state index contributed by atoms with van der Waals surface area (Å²) in [6.45, 7) is 9.83. The summed E-state index contributed by atoms with van der Waals surface area (Å²) in [5, 5.41) is 16.3. The molecule has 6 rings (SSSR count). The SMILES string of the molecule is Cc1cc(OCCCc2cc(C3=C(C(=O)N(Cc4cccc(Cl)c4Cl)C4CC4)[C@H]4CN(C(=O)OC(C)(C)C)CC(C3)N4C(=O)O)on2)cc(C)c1Cl. The predicted molar refractivity (Wildman–Crippen MR) is 198 cm³/mol. The van der Waals surface area contributed by atoms with Crippen LogP contribution in [0.4, 0.5) is 9.59 Å². The first kappa shape index (κ1) is 37.8. The number of aryl methyl sites for hydroxylation is 3. The monoisotopic (exact) mass is 772 g/mol. The molecule has 11 nitrogen and oxygen atoms in total. The number of carbonyl (C=O) groups excluding carboxylic acids is 2. The summed E-state index contributed by atoms with van der Waals surface area (Å²) in [5.74, 6) is 0.782. The van der Waals surface area contributed by atoms with Crippen LogP contribution in [0.5, 0.6) is 5.75 Å². The molecular formula is C38H43Cl3N4O7. The topological polar surface area (TPSA) is 126 Å². The van der Waals surface area contributed by atoms with Crippen LogP contribution in [-0.2, 0) is 22.5 Å². The fourth-order valence-corrected chi connectivity index (χ4v) is 7.43. The zero-order valence-electron chi connectivity index (χ0n) is 29.9. The van der Waals surface area contributed by atoms with Gasteiger partial charge in [0, 0.05) is 47.9 Å². The highest BCUT2D eigenvalue weighted by molar-refractivity contribution is 6.42. The van der Waals surface area contributed by atoms with Gasteiger partial charge in [0.05, 0.1) is 34.4 Å². The van der Waals surface area contributed by atoms with Gasteiger partial charge in [-0.1, -0.05) is 52.1 Å². The molecule has 2 aromatic carbocycles. The Morgan fingerprint density at radius 3 is 2.40 bits per heavy atom. The third kappa shape index (κ3) is 8.32. The summed E-state index contributed by atoms with van der Waals surface area (Å²) in [7, 11) is 0. The number of benzene rings is 2. The van der Waals surface area contributed by atoms with Gasteiger partial charge in [0.1, 0.15) is 11.4 Å². The number of hydrogen-bond donors (Lipinski definition) is 1. The lowest BCUT2D eigenvalue weighted by molar-refractivity contribution is -0.129. The molecule has 1 aromatic heterocycles. The Bertz CT molecular complexity index is 1880. The Balaban J connectivity index is 1.32. The van der Waals surface area contributed by atoms with E-state index in [4.69, 9.17) is 48.8 Å². The second kappa shape index (κ2) is 15.2. The van der Waals surface area contributed by atoms with E-state index in [-0.39, 0.29) is 43.6 Å². The number of nitrogens with zero attached hydrogens (tertiary/aromatic N) is 4. The fraction of sp³-hybridized carbons (Fsp3) is 0.474. The maximum Gasteiger partial charge on any atom is 0.410 e. The van der Waals surface area contributed by atoms with Crippen molar-refractivity contribution in [1.82, 2.24) is 19.9 Å². The summed E-state index contributed by atoms with van der Waals surface area (Å²) in [5.41, 5.74) is 3.30. The Morgan fingerprint density at radius 1 is 1.04 bits per heavy atom. The number of halogens is 3. The first-order chi connectivity index (χ1) is 24.6. The van der Waals surface area contributed by atoms with Crippen LogP contribution >= 0.6 is 34.8 Å². The molecule has 2 bridgehead atoms. The lowest BCUT2D eigenvalue weighted by Gasteiger charge is -2.49. The third-order valence-electron chi connectivity index (χ3n) is 9.49. The standard InChI is InChI=1S/C38H43Cl3N4O7/c1-21-14-27(15-22(2)33(21)40)50-13-7-9-24-16-31(52-42-24)28-17-26-19-43(37(49)51-38(3,4)5)20-30(45(26)36(47)48)32(28)35(46)44(25-11-12-25)18-23-8-6-10-29(39)34(23)41/h6,8,10,14-16,25-26,30H,7,9,11-13,17-20H2,1-5H3,(H,47,48)/t26?,30-/m1/s1. The molecule has 3 aliphatic rings. The Kier molecular flexibility index (Phi) is 11.1. The number of piperazine rings is 1. The van der Waals surface area contributed by atoms with E-state index in [9.17, 15) is 19.5 Å². The average molecular weight is 774 g/mol. The van der Waals surface area contributed by atoms with E-state index in [1.165, 1.54) is 9.80 Å². The lowest BCUT2D eigenvalue weighted by atomic mass is 9.83. The minimum Gasteiger partial charge on any atom is -0.494 e. The molecule has 1 saturated heterocycles. The van der Waals surface area contributed by atoms with E-state index in [0.29, 0.717) is 52.1 Å². The van der Waals surface area contributed by atoms with Gasteiger partial charge in [-0.05, 0) is 102 Å². The Hall–Kier alpha value is -3.93. The van der Waals surface area contributed by atoms with Crippen LogP contribution in [-0.4, -0.2) is 86.5 Å². The van der Waals surface area contributed by atoms with E-state index in [2.05, 4.69) is 5.16 Å². The number of rotatable bonds is 10. The summed E-state index contributed by atoms with van der Waals surface area (Å²) in [6, 6.07) is 9.20. The zero-order valence-corrected chi connectivity index (χ0v) is 32.1. The van der Waals surface area contributed by atoms with Gasteiger partial charge in [-0.3, -0.25) is 9.69 Å². The van der Waals surface area contributed by atoms with Crippen LogP contribution < -0.4 is 4.74 Å². The molecule has 2 fully saturated rings. The number of carboxylic acid groups (broad SMARTS) is 1. The van der Waals surface area contributed by atoms with E-state index in [1.54, 1.807) is 37.8 Å². The van der Waals surface area contributed by atoms with E-state index < -0.39 is 29.9 Å². The van der Waals surface area contributed by atoms with Gasteiger partial charge in [0.25, 0.3) is 5.91 Å². The van der Waals surface area contributed by atoms with Crippen molar-refractivity contribution >= 4 is 58.5 Å². The van der Waals surface area contributed by atoms with Gasteiger partial charge in [-0.15, -0.1) is 0 Å². The quantitative estimate of drug-likeness (QED) is 0.203. The highest BCUT2D eigenvalue weighted by Crippen LogP contribution is 2.42. The maximum absolute atomic E-state index is 14.9. The molecule has 1 aliphatic carbocycles. The summed E-state index contributed by atoms with van der Waals surface area (Å²) < 4.78 is 17.6. The van der Waals surface area contributed by atoms with Crippen LogP contribution in [0.2, 0.25) is 15.1 Å². The summed E-state index contributed by atoms with van der Waals surface area (Å²) in [6.07, 6.45) is 1.16. The number of carbonyl (C=O) groups is 3. The molecule has 2 atom stereocenters. The molecule has 0 spiro atoms. The minimum absolute atomic E-state index is 0.0688. The molecule has 14 heteroatoms. The molecular weight excluding hydrogens is 731 g/mol.